The zero-order valence-electron chi connectivity index (χ0n) is 20.9. The molecule has 37 heavy (non-hydrogen) atoms. The molecule has 1 aliphatic heterocycles. The number of phenolic OH excluding ortho intramolecular Hbond substituents is 1. The lowest BCUT2D eigenvalue weighted by molar-refractivity contribution is -0.139. The Morgan fingerprint density at radius 3 is 2.51 bits per heavy atom. The van der Waals surface area contributed by atoms with E-state index in [1.165, 1.54) is 15.9 Å². The number of carbonyl (C=O) groups is 1. The summed E-state index contributed by atoms with van der Waals surface area (Å²) in [5.41, 5.74) is 1.88. The summed E-state index contributed by atoms with van der Waals surface area (Å²) in [7, 11) is 0. The van der Waals surface area contributed by atoms with Crippen molar-refractivity contribution in [3.8, 4) is 17.2 Å². The second kappa shape index (κ2) is 11.4. The Morgan fingerprint density at radius 1 is 1.11 bits per heavy atom. The van der Waals surface area contributed by atoms with Gasteiger partial charge in [-0.3, -0.25) is 9.36 Å². The standard InChI is InChI=1S/C27H27BrN2O6S/c1-5-34-20-11-9-17(14-21(20)35-6-2)24-23(26(33)36-7-3)15(4)29-27-30(24)25(32)22(37-27)13-16-8-10-19(31)18(28)12-16/h8-14,24,31H,5-7H2,1-4H3. The summed E-state index contributed by atoms with van der Waals surface area (Å²) < 4.78 is 19.4. The van der Waals surface area contributed by atoms with Gasteiger partial charge in [-0.2, -0.15) is 0 Å². The van der Waals surface area contributed by atoms with Crippen molar-refractivity contribution in [2.24, 2.45) is 4.99 Å². The van der Waals surface area contributed by atoms with Crippen LogP contribution in [0.4, 0.5) is 0 Å². The number of hydrogen-bond acceptors (Lipinski definition) is 8. The minimum atomic E-state index is -0.765. The Kier molecular flexibility index (Phi) is 8.19. The molecule has 0 saturated heterocycles. The van der Waals surface area contributed by atoms with Crippen LogP contribution in [0.15, 0.2) is 61.9 Å². The van der Waals surface area contributed by atoms with Crippen molar-refractivity contribution in [2.45, 2.75) is 33.7 Å². The predicted molar refractivity (Wildman–Crippen MR) is 145 cm³/mol. The molecule has 10 heteroatoms. The predicted octanol–water partition coefficient (Wildman–Crippen LogP) is 4.06. The van der Waals surface area contributed by atoms with Crippen LogP contribution in [-0.2, 0) is 9.53 Å². The number of rotatable bonds is 8. The molecule has 0 amide bonds. The molecule has 0 fully saturated rings. The molecule has 1 aliphatic rings. The van der Waals surface area contributed by atoms with E-state index in [2.05, 4.69) is 20.9 Å². The molecular weight excluding hydrogens is 560 g/mol. The summed E-state index contributed by atoms with van der Waals surface area (Å²) in [6.07, 6.45) is 1.73. The van der Waals surface area contributed by atoms with Gasteiger partial charge in [-0.15, -0.1) is 0 Å². The van der Waals surface area contributed by atoms with Crippen LogP contribution in [0.25, 0.3) is 6.08 Å². The number of carbonyl (C=O) groups excluding carboxylic acids is 1. The summed E-state index contributed by atoms with van der Waals surface area (Å²) in [4.78, 5) is 31.9. The van der Waals surface area contributed by atoms with E-state index in [0.717, 1.165) is 5.56 Å². The highest BCUT2D eigenvalue weighted by molar-refractivity contribution is 9.10. The van der Waals surface area contributed by atoms with Crippen molar-refractivity contribution in [3.05, 3.63) is 83.0 Å². The fourth-order valence-electron chi connectivity index (χ4n) is 4.11. The molecule has 1 unspecified atom stereocenters. The lowest BCUT2D eigenvalue weighted by Crippen LogP contribution is -2.40. The highest BCUT2D eigenvalue weighted by atomic mass is 79.9. The number of thiazole rings is 1. The highest BCUT2D eigenvalue weighted by Crippen LogP contribution is 2.36. The molecule has 1 N–H and O–H groups in total. The molecule has 0 spiro atoms. The highest BCUT2D eigenvalue weighted by Gasteiger charge is 2.34. The van der Waals surface area contributed by atoms with Crippen LogP contribution in [-0.4, -0.2) is 35.5 Å². The van der Waals surface area contributed by atoms with Crippen LogP contribution < -0.4 is 24.4 Å². The Bertz CT molecular complexity index is 1560. The molecular formula is C27H27BrN2O6S. The van der Waals surface area contributed by atoms with E-state index < -0.39 is 12.0 Å². The van der Waals surface area contributed by atoms with Crippen LogP contribution in [0.1, 0.15) is 44.9 Å². The molecule has 1 atom stereocenters. The minimum Gasteiger partial charge on any atom is -0.507 e. The summed E-state index contributed by atoms with van der Waals surface area (Å²) >= 11 is 4.54. The number of esters is 1. The van der Waals surface area contributed by atoms with E-state index in [0.29, 0.717) is 55.4 Å². The van der Waals surface area contributed by atoms with Crippen LogP contribution in [0.5, 0.6) is 17.2 Å². The Morgan fingerprint density at radius 2 is 1.84 bits per heavy atom. The fraction of sp³-hybridized carbons (Fsp3) is 0.296. The van der Waals surface area contributed by atoms with Gasteiger partial charge in [0.1, 0.15) is 5.75 Å². The van der Waals surface area contributed by atoms with E-state index in [9.17, 15) is 14.7 Å². The van der Waals surface area contributed by atoms with Crippen LogP contribution in [0, 0.1) is 0 Å². The van der Waals surface area contributed by atoms with Gasteiger partial charge in [-0.25, -0.2) is 9.79 Å². The number of aromatic hydroxyl groups is 1. The van der Waals surface area contributed by atoms with Gasteiger partial charge in [0.2, 0.25) is 0 Å². The third kappa shape index (κ3) is 5.35. The zero-order chi connectivity index (χ0) is 26.7. The van der Waals surface area contributed by atoms with Crippen molar-refractivity contribution in [2.75, 3.05) is 19.8 Å². The largest absolute Gasteiger partial charge is 0.507 e. The van der Waals surface area contributed by atoms with E-state index in [1.54, 1.807) is 50.3 Å². The number of allylic oxidation sites excluding steroid dienone is 1. The van der Waals surface area contributed by atoms with Crippen molar-refractivity contribution in [1.82, 2.24) is 4.57 Å². The van der Waals surface area contributed by atoms with Gasteiger partial charge >= 0.3 is 5.97 Å². The smallest absolute Gasteiger partial charge is 0.338 e. The van der Waals surface area contributed by atoms with Gasteiger partial charge in [0, 0.05) is 0 Å². The first-order valence-corrected chi connectivity index (χ1v) is 13.5. The van der Waals surface area contributed by atoms with E-state index >= 15 is 0 Å². The number of halogens is 1. The molecule has 4 rings (SSSR count). The second-order valence-corrected chi connectivity index (χ2v) is 9.95. The van der Waals surface area contributed by atoms with E-state index in [1.807, 2.05) is 19.9 Å². The normalized spacial score (nSPS) is 15.3. The molecule has 0 bridgehead atoms. The number of fused-ring (bicyclic) bond motifs is 1. The van der Waals surface area contributed by atoms with Crippen molar-refractivity contribution >= 4 is 39.3 Å². The SMILES string of the molecule is CCOC(=O)C1=C(C)N=c2sc(=Cc3ccc(O)c(Br)c3)c(=O)n2C1c1ccc(OCC)c(OCC)c1. The molecule has 194 valence electrons. The monoisotopic (exact) mass is 586 g/mol. The summed E-state index contributed by atoms with van der Waals surface area (Å²) in [6, 6.07) is 9.63. The number of nitrogens with zero attached hydrogens (tertiary/aromatic N) is 2. The molecule has 3 aromatic rings. The van der Waals surface area contributed by atoms with Crippen LogP contribution in [0.2, 0.25) is 0 Å². The van der Waals surface area contributed by atoms with Crippen molar-refractivity contribution in [3.63, 3.8) is 0 Å². The quantitative estimate of drug-likeness (QED) is 0.399. The number of benzene rings is 2. The van der Waals surface area contributed by atoms with Gasteiger partial charge in [0.25, 0.3) is 5.56 Å². The Balaban J connectivity index is 1.95. The second-order valence-electron chi connectivity index (χ2n) is 8.09. The van der Waals surface area contributed by atoms with Gasteiger partial charge in [-0.1, -0.05) is 23.5 Å². The Labute approximate surface area is 226 Å². The number of aromatic nitrogens is 1. The average molecular weight is 587 g/mol. The number of hydrogen-bond donors (Lipinski definition) is 1. The van der Waals surface area contributed by atoms with E-state index in [-0.39, 0.29) is 17.9 Å². The maximum atomic E-state index is 13.8. The van der Waals surface area contributed by atoms with Gasteiger partial charge in [0.05, 0.1) is 46.1 Å². The van der Waals surface area contributed by atoms with Gasteiger partial charge < -0.3 is 19.3 Å². The third-order valence-electron chi connectivity index (χ3n) is 5.67. The summed E-state index contributed by atoms with van der Waals surface area (Å²) in [6.45, 7) is 8.32. The molecule has 0 saturated carbocycles. The van der Waals surface area contributed by atoms with Crippen LogP contribution >= 0.6 is 27.3 Å². The molecule has 2 heterocycles. The number of ether oxygens (including phenoxy) is 3. The first-order valence-electron chi connectivity index (χ1n) is 11.9. The summed E-state index contributed by atoms with van der Waals surface area (Å²) in [5, 5.41) is 9.82. The molecule has 2 aromatic carbocycles. The number of phenols is 1. The third-order valence-corrected chi connectivity index (χ3v) is 7.29. The molecule has 0 aliphatic carbocycles. The lowest BCUT2D eigenvalue weighted by Gasteiger charge is -2.25. The van der Waals surface area contributed by atoms with E-state index in [4.69, 9.17) is 14.2 Å². The van der Waals surface area contributed by atoms with Gasteiger partial charge in [-0.05, 0) is 85.1 Å². The lowest BCUT2D eigenvalue weighted by atomic mass is 9.95. The minimum absolute atomic E-state index is 0.105. The molecule has 0 radical (unpaired) electrons. The first kappa shape index (κ1) is 26.7. The van der Waals surface area contributed by atoms with Crippen LogP contribution in [0.3, 0.4) is 0 Å². The topological polar surface area (TPSA) is 99.4 Å². The zero-order valence-corrected chi connectivity index (χ0v) is 23.3. The fourth-order valence-corrected chi connectivity index (χ4v) is 5.55. The maximum absolute atomic E-state index is 13.8. The summed E-state index contributed by atoms with van der Waals surface area (Å²) in [5.74, 6) is 0.679. The van der Waals surface area contributed by atoms with Gasteiger partial charge in [0.15, 0.2) is 16.3 Å². The molecule has 1 aromatic heterocycles. The Hall–Kier alpha value is -3.37. The maximum Gasteiger partial charge on any atom is 0.338 e. The molecule has 8 nitrogen and oxygen atoms in total. The van der Waals surface area contributed by atoms with Crippen molar-refractivity contribution in [1.29, 1.82) is 0 Å². The average Bonchev–Trinajstić information content (AvgIpc) is 3.16. The first-order chi connectivity index (χ1) is 17.8. The van der Waals surface area contributed by atoms with Crippen molar-refractivity contribution < 1.29 is 24.1 Å².